The molecule has 2 aromatic carbocycles. The van der Waals surface area contributed by atoms with Crippen LogP contribution in [0.1, 0.15) is 19.2 Å². The van der Waals surface area contributed by atoms with Crippen molar-refractivity contribution in [2.45, 2.75) is 19.8 Å². The maximum atomic E-state index is 6.11. The molecule has 0 amide bonds. The van der Waals surface area contributed by atoms with Crippen LogP contribution in [0.5, 0.6) is 0 Å². The van der Waals surface area contributed by atoms with Gasteiger partial charge in [-0.25, -0.2) is 4.98 Å². The van der Waals surface area contributed by atoms with Crippen LogP contribution in [-0.4, -0.2) is 9.55 Å². The van der Waals surface area contributed by atoms with Crippen LogP contribution in [-0.2, 0) is 6.42 Å². The van der Waals surface area contributed by atoms with E-state index < -0.39 is 0 Å². The number of nitrogens with two attached hydrogens (primary N) is 1. The van der Waals surface area contributed by atoms with Gasteiger partial charge in [0.05, 0.1) is 11.0 Å². The van der Waals surface area contributed by atoms with Gasteiger partial charge < -0.3 is 5.73 Å². The minimum absolute atomic E-state index is 0.724. The van der Waals surface area contributed by atoms with E-state index in [0.29, 0.717) is 0 Å². The van der Waals surface area contributed by atoms with Gasteiger partial charge in [-0.05, 0) is 42.8 Å². The number of halogens is 1. The number of imidazole rings is 1. The third kappa shape index (κ3) is 2.25. The fourth-order valence-electron chi connectivity index (χ4n) is 2.44. The zero-order valence-corrected chi connectivity index (χ0v) is 12.1. The van der Waals surface area contributed by atoms with Gasteiger partial charge in [-0.1, -0.05) is 24.6 Å². The molecule has 102 valence electrons. The van der Waals surface area contributed by atoms with Crippen molar-refractivity contribution in [3.8, 4) is 5.69 Å². The van der Waals surface area contributed by atoms with Gasteiger partial charge in [0.15, 0.2) is 0 Å². The average Bonchev–Trinajstić information content (AvgIpc) is 2.76. The van der Waals surface area contributed by atoms with Crippen molar-refractivity contribution >= 4 is 28.3 Å². The Morgan fingerprint density at radius 1 is 1.20 bits per heavy atom. The first-order chi connectivity index (χ1) is 9.69. The molecule has 0 saturated heterocycles. The van der Waals surface area contributed by atoms with E-state index in [9.17, 15) is 0 Å². The Hall–Kier alpha value is -2.00. The molecular weight excluding hydrogens is 270 g/mol. The van der Waals surface area contributed by atoms with Crippen molar-refractivity contribution in [3.63, 3.8) is 0 Å². The third-order valence-corrected chi connectivity index (χ3v) is 3.52. The molecule has 0 radical (unpaired) electrons. The number of nitrogen functional groups attached to an aromatic ring is 1. The number of benzene rings is 2. The summed E-state index contributed by atoms with van der Waals surface area (Å²) in [7, 11) is 0. The van der Waals surface area contributed by atoms with Crippen molar-refractivity contribution in [3.05, 3.63) is 53.3 Å². The normalized spacial score (nSPS) is 11.1. The number of hydrogen-bond donors (Lipinski definition) is 1. The van der Waals surface area contributed by atoms with Gasteiger partial charge in [0.25, 0.3) is 0 Å². The molecule has 4 heteroatoms. The smallest absolute Gasteiger partial charge is 0.114 e. The summed E-state index contributed by atoms with van der Waals surface area (Å²) < 4.78 is 2.16. The highest BCUT2D eigenvalue weighted by Crippen LogP contribution is 2.25. The lowest BCUT2D eigenvalue weighted by Crippen LogP contribution is -2.00. The highest BCUT2D eigenvalue weighted by atomic mass is 35.5. The highest BCUT2D eigenvalue weighted by molar-refractivity contribution is 6.30. The minimum atomic E-state index is 0.724. The molecule has 20 heavy (non-hydrogen) atoms. The maximum Gasteiger partial charge on any atom is 0.114 e. The average molecular weight is 286 g/mol. The zero-order chi connectivity index (χ0) is 14.1. The third-order valence-electron chi connectivity index (χ3n) is 3.29. The van der Waals surface area contributed by atoms with E-state index in [1.807, 2.05) is 42.5 Å². The molecule has 0 aliphatic heterocycles. The van der Waals surface area contributed by atoms with E-state index in [1.54, 1.807) is 0 Å². The van der Waals surface area contributed by atoms with Crippen LogP contribution >= 0.6 is 11.6 Å². The number of anilines is 1. The summed E-state index contributed by atoms with van der Waals surface area (Å²) in [5.41, 5.74) is 9.60. The van der Waals surface area contributed by atoms with Gasteiger partial charge in [-0.3, -0.25) is 4.57 Å². The summed E-state index contributed by atoms with van der Waals surface area (Å²) in [5, 5.41) is 0.724. The molecule has 0 saturated carbocycles. The molecule has 3 aromatic rings. The monoisotopic (exact) mass is 285 g/mol. The fraction of sp³-hybridized carbons (Fsp3) is 0.188. The second-order valence-electron chi connectivity index (χ2n) is 4.84. The second kappa shape index (κ2) is 5.17. The Labute approximate surface area is 123 Å². The lowest BCUT2D eigenvalue weighted by atomic mass is 10.2. The molecule has 2 N–H and O–H groups in total. The molecule has 1 heterocycles. The SMILES string of the molecule is CCCc1nc2cc(N)ccc2n1-c1cccc(Cl)c1. The highest BCUT2D eigenvalue weighted by Gasteiger charge is 2.12. The number of rotatable bonds is 3. The lowest BCUT2D eigenvalue weighted by molar-refractivity contribution is 0.818. The largest absolute Gasteiger partial charge is 0.399 e. The number of aryl methyl sites for hydroxylation is 1. The van der Waals surface area contributed by atoms with Crippen molar-refractivity contribution in [1.29, 1.82) is 0 Å². The predicted molar refractivity (Wildman–Crippen MR) is 84.5 cm³/mol. The minimum Gasteiger partial charge on any atom is -0.399 e. The molecule has 0 spiro atoms. The van der Waals surface area contributed by atoms with Crippen LogP contribution in [0.15, 0.2) is 42.5 Å². The number of aromatic nitrogens is 2. The molecule has 0 atom stereocenters. The maximum absolute atomic E-state index is 6.11. The van der Waals surface area contributed by atoms with Gasteiger partial charge in [0, 0.05) is 22.8 Å². The molecule has 0 bridgehead atoms. The molecule has 1 aromatic heterocycles. The quantitative estimate of drug-likeness (QED) is 0.733. The first-order valence-electron chi connectivity index (χ1n) is 6.72. The van der Waals surface area contributed by atoms with E-state index in [2.05, 4.69) is 11.5 Å². The van der Waals surface area contributed by atoms with E-state index in [-0.39, 0.29) is 0 Å². The van der Waals surface area contributed by atoms with Crippen LogP contribution < -0.4 is 5.73 Å². The Balaban J connectivity index is 2.28. The molecule has 0 fully saturated rings. The zero-order valence-electron chi connectivity index (χ0n) is 11.3. The summed E-state index contributed by atoms with van der Waals surface area (Å²) in [6.45, 7) is 2.15. The first-order valence-corrected chi connectivity index (χ1v) is 7.09. The van der Waals surface area contributed by atoms with Crippen LogP contribution in [0.2, 0.25) is 5.02 Å². The van der Waals surface area contributed by atoms with E-state index in [4.69, 9.17) is 22.3 Å². The van der Waals surface area contributed by atoms with Crippen molar-refractivity contribution in [2.75, 3.05) is 5.73 Å². The van der Waals surface area contributed by atoms with Crippen LogP contribution in [0.25, 0.3) is 16.7 Å². The Morgan fingerprint density at radius 3 is 2.80 bits per heavy atom. The summed E-state index contributed by atoms with van der Waals surface area (Å²) in [6.07, 6.45) is 1.96. The van der Waals surface area contributed by atoms with Crippen LogP contribution in [0.3, 0.4) is 0 Å². The lowest BCUT2D eigenvalue weighted by Gasteiger charge is -2.09. The standard InChI is InChI=1S/C16H16ClN3/c1-2-4-16-19-14-10-12(18)7-8-15(14)20(16)13-6-3-5-11(17)9-13/h3,5-10H,2,4,18H2,1H3. The second-order valence-corrected chi connectivity index (χ2v) is 5.28. The number of hydrogen-bond acceptors (Lipinski definition) is 2. The molecule has 3 rings (SSSR count). The van der Waals surface area contributed by atoms with E-state index in [0.717, 1.165) is 46.1 Å². The van der Waals surface area contributed by atoms with Crippen LogP contribution in [0, 0.1) is 0 Å². The molecule has 0 aliphatic rings. The van der Waals surface area contributed by atoms with Crippen molar-refractivity contribution in [1.82, 2.24) is 9.55 Å². The summed E-state index contributed by atoms with van der Waals surface area (Å²) in [6, 6.07) is 13.7. The van der Waals surface area contributed by atoms with Gasteiger partial charge >= 0.3 is 0 Å². The fourth-order valence-corrected chi connectivity index (χ4v) is 2.63. The first kappa shape index (κ1) is 13.0. The van der Waals surface area contributed by atoms with Gasteiger partial charge in [-0.2, -0.15) is 0 Å². The van der Waals surface area contributed by atoms with Gasteiger partial charge in [0.2, 0.25) is 0 Å². The number of fused-ring (bicyclic) bond motifs is 1. The summed E-state index contributed by atoms with van der Waals surface area (Å²) in [5.74, 6) is 1.04. The molecule has 3 nitrogen and oxygen atoms in total. The Bertz CT molecular complexity index is 762. The number of nitrogens with zero attached hydrogens (tertiary/aromatic N) is 2. The molecular formula is C16H16ClN3. The van der Waals surface area contributed by atoms with Gasteiger partial charge in [0.1, 0.15) is 5.82 Å². The summed E-state index contributed by atoms with van der Waals surface area (Å²) in [4.78, 5) is 4.71. The van der Waals surface area contributed by atoms with Gasteiger partial charge in [-0.15, -0.1) is 0 Å². The van der Waals surface area contributed by atoms with Crippen molar-refractivity contribution in [2.24, 2.45) is 0 Å². The molecule has 0 aliphatic carbocycles. The predicted octanol–water partition coefficient (Wildman–Crippen LogP) is 4.21. The van der Waals surface area contributed by atoms with Crippen molar-refractivity contribution < 1.29 is 0 Å². The van der Waals surface area contributed by atoms with E-state index in [1.165, 1.54) is 0 Å². The topological polar surface area (TPSA) is 43.8 Å². The summed E-state index contributed by atoms with van der Waals surface area (Å²) >= 11 is 6.11. The van der Waals surface area contributed by atoms with E-state index >= 15 is 0 Å². The van der Waals surface area contributed by atoms with Crippen LogP contribution in [0.4, 0.5) is 5.69 Å². The Morgan fingerprint density at radius 2 is 2.05 bits per heavy atom. The Kier molecular flexibility index (Phi) is 3.36. The molecule has 0 unspecified atom stereocenters.